The molecule has 1 aromatic carbocycles. The molecule has 1 aliphatic heterocycles. The highest BCUT2D eigenvalue weighted by Crippen LogP contribution is 2.40. The quantitative estimate of drug-likeness (QED) is 0.495. The summed E-state index contributed by atoms with van der Waals surface area (Å²) in [6, 6.07) is 7.38. The van der Waals surface area contributed by atoms with Gasteiger partial charge < -0.3 is 19.6 Å². The van der Waals surface area contributed by atoms with Gasteiger partial charge in [-0.2, -0.15) is 13.2 Å². The fourth-order valence-electron chi connectivity index (χ4n) is 5.64. The van der Waals surface area contributed by atoms with E-state index in [0.29, 0.717) is 41.2 Å². The fraction of sp³-hybridized carbons (Fsp3) is 0.481. The third-order valence-corrected chi connectivity index (χ3v) is 7.64. The lowest BCUT2D eigenvalue weighted by Gasteiger charge is -2.40. The zero-order chi connectivity index (χ0) is 27.1. The van der Waals surface area contributed by atoms with E-state index in [2.05, 4.69) is 10.3 Å². The van der Waals surface area contributed by atoms with E-state index in [-0.39, 0.29) is 36.4 Å². The standard InChI is InChI=1S/C27H33F3N4O3/c1-15-12-22(37-5)20(25(35)32-15)14-31-26(36)24-17(3)34(21-9-7-6-8-19(21)24)16(2)18-10-11-33(4)23(13-18)27(28,29)30/h6-9,12,16,18,23H,10-11,13-14H2,1-5H3,(H,31,36)(H,32,35)/t16-,18-,23+/m0/s1. The van der Waals surface area contributed by atoms with Crippen molar-refractivity contribution < 1.29 is 22.7 Å². The normalized spacial score (nSPS) is 19.7. The van der Waals surface area contributed by atoms with E-state index in [9.17, 15) is 22.8 Å². The van der Waals surface area contributed by atoms with Crippen molar-refractivity contribution in [3.8, 4) is 5.75 Å². The summed E-state index contributed by atoms with van der Waals surface area (Å²) in [7, 11) is 2.98. The van der Waals surface area contributed by atoms with Gasteiger partial charge in [-0.05, 0) is 65.3 Å². The summed E-state index contributed by atoms with van der Waals surface area (Å²) in [5.74, 6) is -0.183. The Morgan fingerprint density at radius 1 is 1.27 bits per heavy atom. The lowest BCUT2D eigenvalue weighted by atomic mass is 9.85. The monoisotopic (exact) mass is 518 g/mol. The summed E-state index contributed by atoms with van der Waals surface area (Å²) in [4.78, 5) is 30.0. The molecule has 0 aliphatic carbocycles. The smallest absolute Gasteiger partial charge is 0.404 e. The number of piperidine rings is 1. The van der Waals surface area contributed by atoms with Gasteiger partial charge in [0.15, 0.2) is 0 Å². The van der Waals surface area contributed by atoms with Crippen LogP contribution in [0.1, 0.15) is 53.1 Å². The maximum atomic E-state index is 13.7. The highest BCUT2D eigenvalue weighted by atomic mass is 19.4. The van der Waals surface area contributed by atoms with Crippen molar-refractivity contribution >= 4 is 16.8 Å². The molecular formula is C27H33F3N4O3. The number of hydrogen-bond acceptors (Lipinski definition) is 4. The highest BCUT2D eigenvalue weighted by molar-refractivity contribution is 6.08. The number of likely N-dealkylation sites (tertiary alicyclic amines) is 1. The van der Waals surface area contributed by atoms with E-state index in [1.807, 2.05) is 42.7 Å². The van der Waals surface area contributed by atoms with Gasteiger partial charge in [-0.3, -0.25) is 14.5 Å². The molecule has 2 aromatic heterocycles. The number of pyridine rings is 1. The second-order valence-electron chi connectivity index (χ2n) is 9.92. The minimum absolute atomic E-state index is 0.00460. The van der Waals surface area contributed by atoms with Crippen LogP contribution >= 0.6 is 0 Å². The second kappa shape index (κ2) is 10.2. The Kier molecular flexibility index (Phi) is 7.41. The molecule has 1 saturated heterocycles. The summed E-state index contributed by atoms with van der Waals surface area (Å²) in [6.07, 6.45) is -3.65. The van der Waals surface area contributed by atoms with Gasteiger partial charge in [-0.15, -0.1) is 0 Å². The van der Waals surface area contributed by atoms with Gasteiger partial charge >= 0.3 is 6.18 Å². The molecule has 10 heteroatoms. The Labute approximate surface area is 213 Å². The van der Waals surface area contributed by atoms with Crippen LogP contribution in [0.3, 0.4) is 0 Å². The van der Waals surface area contributed by atoms with Crippen molar-refractivity contribution in [3.05, 3.63) is 63.2 Å². The van der Waals surface area contributed by atoms with Crippen molar-refractivity contribution in [3.63, 3.8) is 0 Å². The largest absolute Gasteiger partial charge is 0.496 e. The van der Waals surface area contributed by atoms with Crippen LogP contribution in [0.5, 0.6) is 5.75 Å². The number of aromatic amines is 1. The number of carbonyl (C=O) groups excluding carboxylic acids is 1. The number of H-pyrrole nitrogens is 1. The van der Waals surface area contributed by atoms with E-state index in [4.69, 9.17) is 4.74 Å². The van der Waals surface area contributed by atoms with Crippen LogP contribution in [0.15, 0.2) is 35.1 Å². The number of fused-ring (bicyclic) bond motifs is 1. The first-order chi connectivity index (χ1) is 17.4. The summed E-state index contributed by atoms with van der Waals surface area (Å²) in [5.41, 5.74) is 2.54. The molecule has 4 rings (SSSR count). The van der Waals surface area contributed by atoms with Crippen molar-refractivity contribution in [1.29, 1.82) is 0 Å². The number of para-hydroxylation sites is 1. The van der Waals surface area contributed by atoms with Gasteiger partial charge in [0.2, 0.25) is 0 Å². The van der Waals surface area contributed by atoms with Crippen LogP contribution in [0.25, 0.3) is 10.9 Å². The first-order valence-corrected chi connectivity index (χ1v) is 12.4. The van der Waals surface area contributed by atoms with E-state index in [0.717, 1.165) is 10.9 Å². The minimum Gasteiger partial charge on any atom is -0.496 e. The van der Waals surface area contributed by atoms with Crippen molar-refractivity contribution in [1.82, 2.24) is 19.8 Å². The number of aryl methyl sites for hydroxylation is 1. The number of hydrogen-bond donors (Lipinski definition) is 2. The predicted octanol–water partition coefficient (Wildman–Crippen LogP) is 4.72. The number of ether oxygens (including phenoxy) is 1. The van der Waals surface area contributed by atoms with Crippen molar-refractivity contribution in [2.24, 2.45) is 5.92 Å². The molecule has 3 aromatic rings. The highest BCUT2D eigenvalue weighted by Gasteiger charge is 2.46. The minimum atomic E-state index is -4.29. The lowest BCUT2D eigenvalue weighted by Crippen LogP contribution is -2.49. The first-order valence-electron chi connectivity index (χ1n) is 12.4. The number of amides is 1. The summed E-state index contributed by atoms with van der Waals surface area (Å²) in [5, 5.41) is 3.56. The molecular weight excluding hydrogens is 485 g/mol. The van der Waals surface area contributed by atoms with Gasteiger partial charge in [0, 0.05) is 28.3 Å². The first kappa shape index (κ1) is 26.8. The Hall–Kier alpha value is -3.27. The molecule has 200 valence electrons. The summed E-state index contributed by atoms with van der Waals surface area (Å²) >= 11 is 0. The van der Waals surface area contributed by atoms with Crippen LogP contribution in [-0.2, 0) is 6.54 Å². The molecule has 0 radical (unpaired) electrons. The number of nitrogens with one attached hydrogen (secondary N) is 2. The fourth-order valence-corrected chi connectivity index (χ4v) is 5.64. The molecule has 0 bridgehead atoms. The van der Waals surface area contributed by atoms with Gasteiger partial charge in [0.1, 0.15) is 11.8 Å². The molecule has 0 spiro atoms. The molecule has 3 heterocycles. The summed E-state index contributed by atoms with van der Waals surface area (Å²) < 4.78 is 48.3. The Balaban J connectivity index is 1.66. The van der Waals surface area contributed by atoms with Gasteiger partial charge in [-0.1, -0.05) is 18.2 Å². The number of benzene rings is 1. The molecule has 2 N–H and O–H groups in total. The Morgan fingerprint density at radius 2 is 1.97 bits per heavy atom. The number of aromatic nitrogens is 2. The Morgan fingerprint density at radius 3 is 2.65 bits per heavy atom. The molecule has 0 saturated carbocycles. The van der Waals surface area contributed by atoms with Crippen molar-refractivity contribution in [2.75, 3.05) is 20.7 Å². The molecule has 37 heavy (non-hydrogen) atoms. The molecule has 1 fully saturated rings. The maximum Gasteiger partial charge on any atom is 0.404 e. The van der Waals surface area contributed by atoms with E-state index >= 15 is 0 Å². The topological polar surface area (TPSA) is 79.4 Å². The molecule has 3 atom stereocenters. The van der Waals surface area contributed by atoms with Crippen LogP contribution in [0, 0.1) is 19.8 Å². The van der Waals surface area contributed by atoms with Crippen LogP contribution in [0.4, 0.5) is 13.2 Å². The predicted molar refractivity (Wildman–Crippen MR) is 136 cm³/mol. The third kappa shape index (κ3) is 5.12. The van der Waals surface area contributed by atoms with E-state index in [1.165, 1.54) is 19.1 Å². The maximum absolute atomic E-state index is 13.7. The van der Waals surface area contributed by atoms with E-state index in [1.54, 1.807) is 13.0 Å². The number of rotatable bonds is 6. The molecule has 0 unspecified atom stereocenters. The molecule has 7 nitrogen and oxygen atoms in total. The van der Waals surface area contributed by atoms with Crippen LogP contribution in [-0.4, -0.2) is 53.3 Å². The van der Waals surface area contributed by atoms with Crippen LogP contribution < -0.4 is 15.6 Å². The average Bonchev–Trinajstić information content (AvgIpc) is 3.13. The summed E-state index contributed by atoms with van der Waals surface area (Å²) in [6.45, 7) is 5.82. The van der Waals surface area contributed by atoms with Crippen molar-refractivity contribution in [2.45, 2.75) is 58.4 Å². The van der Waals surface area contributed by atoms with Gasteiger partial charge in [0.25, 0.3) is 11.5 Å². The van der Waals surface area contributed by atoms with Gasteiger partial charge in [0.05, 0.1) is 24.8 Å². The average molecular weight is 519 g/mol. The number of halogens is 3. The number of methoxy groups -OCH3 is 1. The zero-order valence-corrected chi connectivity index (χ0v) is 21.7. The molecule has 1 amide bonds. The Bertz CT molecular complexity index is 1360. The molecule has 1 aliphatic rings. The van der Waals surface area contributed by atoms with E-state index < -0.39 is 12.2 Å². The van der Waals surface area contributed by atoms with Crippen LogP contribution in [0.2, 0.25) is 0 Å². The second-order valence-corrected chi connectivity index (χ2v) is 9.92. The lowest BCUT2D eigenvalue weighted by molar-refractivity contribution is -0.192. The number of alkyl halides is 3. The van der Waals surface area contributed by atoms with Gasteiger partial charge in [-0.25, -0.2) is 0 Å². The number of carbonyl (C=O) groups is 1. The zero-order valence-electron chi connectivity index (χ0n) is 21.7. The third-order valence-electron chi connectivity index (χ3n) is 7.64. The number of nitrogens with zero attached hydrogens (tertiary/aromatic N) is 2. The SMILES string of the molecule is COc1cc(C)[nH]c(=O)c1CNC(=O)c1c(C)n([C@@H](C)[C@H]2CCN(C)[C@@H](C(F)(F)F)C2)c2ccccc12.